The fourth-order valence-electron chi connectivity index (χ4n) is 2.45. The normalized spacial score (nSPS) is 12.2. The number of benzene rings is 2. The SMILES string of the molecule is O=C(OCc1cc(Cl)c2c(c1)OCO2)c1ccccc1-n1cnnn1. The van der Waals surface area contributed by atoms with E-state index in [1.807, 2.05) is 0 Å². The molecule has 0 saturated carbocycles. The van der Waals surface area contributed by atoms with Crippen molar-refractivity contribution in [2.75, 3.05) is 6.79 Å². The van der Waals surface area contributed by atoms with Crippen LogP contribution in [0.25, 0.3) is 5.69 Å². The summed E-state index contributed by atoms with van der Waals surface area (Å²) in [4.78, 5) is 12.5. The minimum Gasteiger partial charge on any atom is -0.457 e. The van der Waals surface area contributed by atoms with Gasteiger partial charge in [-0.1, -0.05) is 23.7 Å². The first-order valence-corrected chi connectivity index (χ1v) is 7.68. The van der Waals surface area contributed by atoms with E-state index in [4.69, 9.17) is 25.8 Å². The summed E-state index contributed by atoms with van der Waals surface area (Å²) in [6.45, 7) is 0.163. The van der Waals surface area contributed by atoms with Crippen molar-refractivity contribution in [3.05, 3.63) is 58.9 Å². The summed E-state index contributed by atoms with van der Waals surface area (Å²) in [5, 5.41) is 11.4. The molecule has 9 heteroatoms. The van der Waals surface area contributed by atoms with Crippen molar-refractivity contribution in [1.82, 2.24) is 20.2 Å². The number of aromatic nitrogens is 4. The third-order valence-electron chi connectivity index (χ3n) is 3.58. The van der Waals surface area contributed by atoms with Crippen LogP contribution in [0.15, 0.2) is 42.7 Å². The molecule has 0 saturated heterocycles. The summed E-state index contributed by atoms with van der Waals surface area (Å²) in [6, 6.07) is 10.3. The van der Waals surface area contributed by atoms with Crippen LogP contribution in [-0.2, 0) is 11.3 Å². The second kappa shape index (κ2) is 6.40. The van der Waals surface area contributed by atoms with E-state index >= 15 is 0 Å². The Labute approximate surface area is 146 Å². The van der Waals surface area contributed by atoms with Gasteiger partial charge in [0.25, 0.3) is 0 Å². The quantitative estimate of drug-likeness (QED) is 0.661. The number of ether oxygens (including phenoxy) is 3. The van der Waals surface area contributed by atoms with Crippen LogP contribution in [0.4, 0.5) is 0 Å². The van der Waals surface area contributed by atoms with Crippen LogP contribution in [0, 0.1) is 0 Å². The molecule has 2 heterocycles. The zero-order chi connectivity index (χ0) is 17.2. The predicted octanol–water partition coefficient (Wildman–Crippen LogP) is 2.40. The monoisotopic (exact) mass is 358 g/mol. The third-order valence-corrected chi connectivity index (χ3v) is 3.86. The molecule has 4 rings (SSSR count). The molecule has 1 aliphatic rings. The Kier molecular flexibility index (Phi) is 3.95. The highest BCUT2D eigenvalue weighted by molar-refractivity contribution is 6.32. The zero-order valence-electron chi connectivity index (χ0n) is 12.8. The number of esters is 1. The molecule has 25 heavy (non-hydrogen) atoms. The number of carbonyl (C=O) groups excluding carboxylic acids is 1. The number of carbonyl (C=O) groups is 1. The predicted molar refractivity (Wildman–Crippen MR) is 85.8 cm³/mol. The molecule has 0 fully saturated rings. The van der Waals surface area contributed by atoms with E-state index < -0.39 is 5.97 Å². The summed E-state index contributed by atoms with van der Waals surface area (Å²) in [6.07, 6.45) is 1.41. The van der Waals surface area contributed by atoms with Gasteiger partial charge in [0.1, 0.15) is 12.9 Å². The second-order valence-corrected chi connectivity index (χ2v) is 5.57. The van der Waals surface area contributed by atoms with Crippen molar-refractivity contribution in [2.45, 2.75) is 6.61 Å². The van der Waals surface area contributed by atoms with Gasteiger partial charge in [0, 0.05) is 0 Å². The highest BCUT2D eigenvalue weighted by atomic mass is 35.5. The van der Waals surface area contributed by atoms with Gasteiger partial charge in [-0.25, -0.2) is 4.79 Å². The van der Waals surface area contributed by atoms with Crippen LogP contribution in [-0.4, -0.2) is 33.0 Å². The highest BCUT2D eigenvalue weighted by Gasteiger charge is 2.19. The van der Waals surface area contributed by atoms with Gasteiger partial charge in [-0.3, -0.25) is 0 Å². The van der Waals surface area contributed by atoms with E-state index in [2.05, 4.69) is 15.5 Å². The molecule has 0 aliphatic carbocycles. The lowest BCUT2D eigenvalue weighted by Gasteiger charge is -2.09. The van der Waals surface area contributed by atoms with Crippen molar-refractivity contribution in [3.63, 3.8) is 0 Å². The fourth-order valence-corrected chi connectivity index (χ4v) is 2.74. The molecule has 0 atom stereocenters. The molecule has 0 amide bonds. The van der Waals surface area contributed by atoms with Gasteiger partial charge in [0.2, 0.25) is 6.79 Å². The number of hydrogen-bond donors (Lipinski definition) is 0. The summed E-state index contributed by atoms with van der Waals surface area (Å²) >= 11 is 6.13. The first-order chi connectivity index (χ1) is 12.2. The van der Waals surface area contributed by atoms with Gasteiger partial charge in [-0.05, 0) is 40.3 Å². The van der Waals surface area contributed by atoms with Crippen LogP contribution in [0.3, 0.4) is 0 Å². The van der Waals surface area contributed by atoms with E-state index in [0.29, 0.717) is 33.3 Å². The van der Waals surface area contributed by atoms with Gasteiger partial charge in [0.05, 0.1) is 16.3 Å². The summed E-state index contributed by atoms with van der Waals surface area (Å²) < 4.78 is 17.3. The maximum Gasteiger partial charge on any atom is 0.340 e. The fraction of sp³-hybridized carbons (Fsp3) is 0.125. The van der Waals surface area contributed by atoms with Gasteiger partial charge in [0.15, 0.2) is 11.5 Å². The Balaban J connectivity index is 1.53. The molecule has 0 radical (unpaired) electrons. The average molecular weight is 359 g/mol. The molecule has 1 aromatic heterocycles. The lowest BCUT2D eigenvalue weighted by atomic mass is 10.2. The minimum atomic E-state index is -0.500. The molecule has 3 aromatic rings. The number of tetrazole rings is 1. The van der Waals surface area contributed by atoms with E-state index in [1.165, 1.54) is 11.0 Å². The Morgan fingerprint density at radius 2 is 2.16 bits per heavy atom. The van der Waals surface area contributed by atoms with Gasteiger partial charge >= 0.3 is 5.97 Å². The highest BCUT2D eigenvalue weighted by Crippen LogP contribution is 2.39. The topological polar surface area (TPSA) is 88.4 Å². The average Bonchev–Trinajstić information content (AvgIpc) is 3.31. The maximum atomic E-state index is 12.5. The molecule has 0 bridgehead atoms. The summed E-state index contributed by atoms with van der Waals surface area (Å²) in [7, 11) is 0. The van der Waals surface area contributed by atoms with Gasteiger partial charge in [-0.2, -0.15) is 4.68 Å². The summed E-state index contributed by atoms with van der Waals surface area (Å²) in [5.41, 5.74) is 1.57. The molecule has 0 unspecified atom stereocenters. The maximum absolute atomic E-state index is 12.5. The van der Waals surface area contributed by atoms with E-state index in [-0.39, 0.29) is 13.4 Å². The number of nitrogens with zero attached hydrogens (tertiary/aromatic N) is 4. The Morgan fingerprint density at radius 1 is 1.28 bits per heavy atom. The number of para-hydroxylation sites is 1. The van der Waals surface area contributed by atoms with Crippen molar-refractivity contribution >= 4 is 17.6 Å². The van der Waals surface area contributed by atoms with Crippen LogP contribution in [0.2, 0.25) is 5.02 Å². The summed E-state index contributed by atoms with van der Waals surface area (Å²) in [5.74, 6) is 0.535. The van der Waals surface area contributed by atoms with Crippen molar-refractivity contribution in [2.24, 2.45) is 0 Å². The van der Waals surface area contributed by atoms with Gasteiger partial charge in [-0.15, -0.1) is 5.10 Å². The van der Waals surface area contributed by atoms with Crippen LogP contribution in [0.5, 0.6) is 11.5 Å². The van der Waals surface area contributed by atoms with Crippen LogP contribution in [0.1, 0.15) is 15.9 Å². The Morgan fingerprint density at radius 3 is 3.00 bits per heavy atom. The number of fused-ring (bicyclic) bond motifs is 1. The smallest absolute Gasteiger partial charge is 0.340 e. The molecule has 1 aliphatic heterocycles. The molecular weight excluding hydrogens is 348 g/mol. The first-order valence-electron chi connectivity index (χ1n) is 7.30. The Bertz CT molecular complexity index is 930. The zero-order valence-corrected chi connectivity index (χ0v) is 13.5. The molecule has 0 N–H and O–H groups in total. The Hall–Kier alpha value is -3.13. The van der Waals surface area contributed by atoms with Crippen molar-refractivity contribution < 1.29 is 19.0 Å². The molecule has 126 valence electrons. The molecule has 0 spiro atoms. The first kappa shape index (κ1) is 15.4. The van der Waals surface area contributed by atoms with E-state index in [0.717, 1.165) is 0 Å². The largest absolute Gasteiger partial charge is 0.457 e. The van der Waals surface area contributed by atoms with Crippen molar-refractivity contribution in [3.8, 4) is 17.2 Å². The van der Waals surface area contributed by atoms with E-state index in [9.17, 15) is 4.79 Å². The second-order valence-electron chi connectivity index (χ2n) is 5.16. The minimum absolute atomic E-state index is 0.0408. The lowest BCUT2D eigenvalue weighted by Crippen LogP contribution is -2.10. The standard InChI is InChI=1S/C16H11ClN4O4/c17-12-5-10(6-14-15(12)25-9-24-14)7-23-16(22)11-3-1-2-4-13(11)21-8-18-19-20-21/h1-6,8H,7,9H2. The molecular formula is C16H11ClN4O4. The molecule has 2 aromatic carbocycles. The number of hydrogen-bond acceptors (Lipinski definition) is 7. The molecule has 8 nitrogen and oxygen atoms in total. The van der Waals surface area contributed by atoms with E-state index in [1.54, 1.807) is 36.4 Å². The van der Waals surface area contributed by atoms with Crippen LogP contribution >= 0.6 is 11.6 Å². The van der Waals surface area contributed by atoms with Crippen LogP contribution < -0.4 is 9.47 Å². The van der Waals surface area contributed by atoms with Crippen molar-refractivity contribution in [1.29, 1.82) is 0 Å². The third kappa shape index (κ3) is 2.99. The number of rotatable bonds is 4. The lowest BCUT2D eigenvalue weighted by molar-refractivity contribution is 0.0472. The van der Waals surface area contributed by atoms with Gasteiger partial charge < -0.3 is 14.2 Å². The number of halogens is 1.